The van der Waals surface area contributed by atoms with E-state index >= 15 is 0 Å². The minimum Gasteiger partial charge on any atom is -0.504 e. The summed E-state index contributed by atoms with van der Waals surface area (Å²) in [5, 5.41) is 113. The predicted molar refractivity (Wildman–Crippen MR) is 130 cm³/mol. The molecule has 2 fully saturated rings. The number of rotatable bonds is 8. The second-order valence-corrected chi connectivity index (χ2v) is 9.40. The number of aromatic hydroxyl groups is 3. The molecule has 10 atom stereocenters. The molecule has 2 aliphatic rings. The summed E-state index contributed by atoms with van der Waals surface area (Å²) in [5.74, 6) is -6.76. The van der Waals surface area contributed by atoms with Crippen molar-refractivity contribution in [3.63, 3.8) is 0 Å². The first kappa shape index (κ1) is 30.7. The summed E-state index contributed by atoms with van der Waals surface area (Å²) in [4.78, 5) is 13.3. The summed E-state index contributed by atoms with van der Waals surface area (Å²) < 4.78 is 21.2. The highest BCUT2D eigenvalue weighted by Crippen LogP contribution is 2.54. The molecule has 4 rings (SSSR count). The van der Waals surface area contributed by atoms with Gasteiger partial charge in [0, 0.05) is 5.56 Å². The number of ether oxygens (including phenoxy) is 4. The third-order valence-electron chi connectivity index (χ3n) is 6.76. The van der Waals surface area contributed by atoms with Crippen molar-refractivity contribution in [3.8, 4) is 28.7 Å². The van der Waals surface area contributed by atoms with Crippen LogP contribution in [0.4, 0.5) is 0 Å². The minimum atomic E-state index is -2.02. The van der Waals surface area contributed by atoms with Crippen LogP contribution in [0.25, 0.3) is 0 Å². The molecule has 0 saturated carbocycles. The van der Waals surface area contributed by atoms with Gasteiger partial charge in [0.05, 0.1) is 13.2 Å². The Balaban J connectivity index is 1.81. The lowest BCUT2D eigenvalue weighted by molar-refractivity contribution is -0.279. The third-order valence-corrected chi connectivity index (χ3v) is 6.76. The van der Waals surface area contributed by atoms with Crippen molar-refractivity contribution in [2.45, 2.75) is 61.4 Å². The molecular weight excluding hydrogens is 556 g/mol. The van der Waals surface area contributed by atoms with Crippen LogP contribution in [-0.2, 0) is 9.47 Å². The maximum absolute atomic E-state index is 13.3. The van der Waals surface area contributed by atoms with Gasteiger partial charge in [-0.05, 0) is 0 Å². The normalized spacial score (nSPS) is 33.8. The van der Waals surface area contributed by atoms with Crippen molar-refractivity contribution >= 4 is 5.78 Å². The van der Waals surface area contributed by atoms with Crippen molar-refractivity contribution in [3.05, 3.63) is 41.5 Å². The number of phenols is 3. The fourth-order valence-electron chi connectivity index (χ4n) is 4.40. The Morgan fingerprint density at radius 1 is 0.634 bits per heavy atom. The molecule has 2 heterocycles. The smallest absolute Gasteiger partial charge is 0.229 e. The Morgan fingerprint density at radius 3 is 1.44 bits per heavy atom. The summed E-state index contributed by atoms with van der Waals surface area (Å²) in [6.07, 6.45) is -18.4. The monoisotopic (exact) mass is 586 g/mol. The maximum Gasteiger partial charge on any atom is 0.229 e. The molecule has 2 saturated heterocycles. The van der Waals surface area contributed by atoms with Crippen molar-refractivity contribution in [1.82, 2.24) is 0 Å². The Labute approximate surface area is 231 Å². The second kappa shape index (κ2) is 12.3. The van der Waals surface area contributed by atoms with Gasteiger partial charge < -0.3 is 75.1 Å². The van der Waals surface area contributed by atoms with Crippen LogP contribution in [0.1, 0.15) is 15.9 Å². The van der Waals surface area contributed by atoms with Gasteiger partial charge in [-0.3, -0.25) is 4.79 Å². The number of phenolic OH excluding ortho intramolecular Hbond substituents is 3. The van der Waals surface area contributed by atoms with Crippen LogP contribution in [-0.4, -0.2) is 137 Å². The molecule has 226 valence electrons. The molecular formula is C25H30O16. The Bertz CT molecular complexity index is 1150. The van der Waals surface area contributed by atoms with E-state index in [1.165, 1.54) is 24.3 Å². The van der Waals surface area contributed by atoms with Crippen LogP contribution in [0.5, 0.6) is 28.7 Å². The van der Waals surface area contributed by atoms with E-state index in [0.29, 0.717) is 0 Å². The number of carbonyl (C=O) groups is 1. The lowest BCUT2D eigenvalue weighted by atomic mass is 9.98. The number of aliphatic hydroxyl groups is 8. The van der Waals surface area contributed by atoms with Crippen LogP contribution in [0.2, 0.25) is 0 Å². The van der Waals surface area contributed by atoms with Gasteiger partial charge in [0.2, 0.25) is 35.6 Å². The van der Waals surface area contributed by atoms with E-state index in [9.17, 15) is 61.0 Å². The number of hydrogen-bond donors (Lipinski definition) is 11. The van der Waals surface area contributed by atoms with E-state index in [1.807, 2.05) is 0 Å². The summed E-state index contributed by atoms with van der Waals surface area (Å²) in [5.41, 5.74) is -0.977. The minimum absolute atomic E-state index is 0.0682. The van der Waals surface area contributed by atoms with Crippen LogP contribution in [0.15, 0.2) is 30.3 Å². The molecule has 0 radical (unpaired) electrons. The quantitative estimate of drug-likeness (QED) is 0.133. The fourth-order valence-corrected chi connectivity index (χ4v) is 4.40. The van der Waals surface area contributed by atoms with Gasteiger partial charge in [0.1, 0.15) is 54.4 Å². The van der Waals surface area contributed by atoms with Gasteiger partial charge in [0.15, 0.2) is 11.5 Å². The van der Waals surface area contributed by atoms with Crippen molar-refractivity contribution in [2.24, 2.45) is 0 Å². The summed E-state index contributed by atoms with van der Waals surface area (Å²) in [7, 11) is 0. The molecule has 10 unspecified atom stereocenters. The van der Waals surface area contributed by atoms with Crippen LogP contribution < -0.4 is 9.47 Å². The topological polar surface area (TPSA) is 277 Å². The molecule has 16 heteroatoms. The first-order valence-electron chi connectivity index (χ1n) is 12.3. The molecule has 2 aliphatic heterocycles. The van der Waals surface area contributed by atoms with Crippen molar-refractivity contribution in [1.29, 1.82) is 0 Å². The Hall–Kier alpha value is -3.29. The van der Waals surface area contributed by atoms with Gasteiger partial charge in [-0.25, -0.2) is 0 Å². The molecule has 2 aromatic carbocycles. The molecule has 0 aromatic heterocycles. The fraction of sp³-hybridized carbons (Fsp3) is 0.480. The summed E-state index contributed by atoms with van der Waals surface area (Å²) in [6.45, 7) is -1.69. The van der Waals surface area contributed by atoms with E-state index in [1.54, 1.807) is 6.07 Å². The average Bonchev–Trinajstić information content (AvgIpc) is 2.97. The van der Waals surface area contributed by atoms with Crippen LogP contribution in [0.3, 0.4) is 0 Å². The third kappa shape index (κ3) is 5.62. The lowest BCUT2D eigenvalue weighted by Gasteiger charge is -2.40. The number of ketones is 1. The number of aliphatic hydroxyl groups excluding tert-OH is 8. The zero-order chi connectivity index (χ0) is 30.2. The van der Waals surface area contributed by atoms with E-state index in [-0.39, 0.29) is 5.56 Å². The molecule has 0 amide bonds. The zero-order valence-electron chi connectivity index (χ0n) is 21.0. The van der Waals surface area contributed by atoms with E-state index < -0.39 is 115 Å². The van der Waals surface area contributed by atoms with Crippen molar-refractivity contribution < 1.29 is 79.9 Å². The standard InChI is InChI=1S/C25H30O16/c26-6-9-13(29)17(33)19(35)24(38-9)40-22-15(31)11(12(28)8-4-2-1-3-5-8)16(32)23(21(22)37)41-25-20(36)18(34)14(30)10(7-27)39-25/h1-5,9-10,13-14,17-20,24-27,29-37H,6-7H2. The lowest BCUT2D eigenvalue weighted by Crippen LogP contribution is -2.60. The molecule has 16 nitrogen and oxygen atoms in total. The van der Waals surface area contributed by atoms with Crippen LogP contribution >= 0.6 is 0 Å². The molecule has 11 N–H and O–H groups in total. The zero-order valence-corrected chi connectivity index (χ0v) is 21.0. The number of hydrogen-bond acceptors (Lipinski definition) is 16. The predicted octanol–water partition coefficient (Wildman–Crippen LogP) is -3.61. The largest absolute Gasteiger partial charge is 0.504 e. The highest BCUT2D eigenvalue weighted by atomic mass is 16.7. The highest BCUT2D eigenvalue weighted by Gasteiger charge is 2.48. The van der Waals surface area contributed by atoms with E-state index in [2.05, 4.69) is 0 Å². The maximum atomic E-state index is 13.3. The molecule has 0 bridgehead atoms. The molecule has 2 aromatic rings. The van der Waals surface area contributed by atoms with Gasteiger partial charge in [-0.1, -0.05) is 30.3 Å². The second-order valence-electron chi connectivity index (χ2n) is 9.40. The van der Waals surface area contributed by atoms with Crippen LogP contribution in [0, 0.1) is 0 Å². The summed E-state index contributed by atoms with van der Waals surface area (Å²) in [6, 6.07) is 7.17. The Morgan fingerprint density at radius 2 is 1.05 bits per heavy atom. The average molecular weight is 586 g/mol. The van der Waals surface area contributed by atoms with E-state index in [0.717, 1.165) is 0 Å². The Kier molecular flexibility index (Phi) is 9.19. The van der Waals surface area contributed by atoms with E-state index in [4.69, 9.17) is 18.9 Å². The highest BCUT2D eigenvalue weighted by molar-refractivity contribution is 6.13. The number of benzene rings is 2. The first-order valence-corrected chi connectivity index (χ1v) is 12.3. The number of carbonyl (C=O) groups excluding carboxylic acids is 1. The van der Waals surface area contributed by atoms with Gasteiger partial charge in [-0.15, -0.1) is 0 Å². The van der Waals surface area contributed by atoms with Crippen molar-refractivity contribution in [2.75, 3.05) is 13.2 Å². The molecule has 0 spiro atoms. The SMILES string of the molecule is O=C(c1ccccc1)c1c(O)c(OC2OC(CO)C(O)C(O)C2O)c(O)c(OC2OC(CO)C(O)C(O)C2O)c1O. The van der Waals surface area contributed by atoms with Gasteiger partial charge in [-0.2, -0.15) is 0 Å². The van der Waals surface area contributed by atoms with Gasteiger partial charge >= 0.3 is 0 Å². The van der Waals surface area contributed by atoms with Gasteiger partial charge in [0.25, 0.3) is 0 Å². The molecule has 41 heavy (non-hydrogen) atoms. The summed E-state index contributed by atoms with van der Waals surface area (Å²) >= 11 is 0. The first-order chi connectivity index (χ1) is 19.4. The molecule has 0 aliphatic carbocycles.